The van der Waals surface area contributed by atoms with Crippen LogP contribution in [0, 0.1) is 16.7 Å². The molecular weight excluding hydrogens is 238 g/mol. The minimum Gasteiger partial charge on any atom is -0.381 e. The molecule has 104 valence electrons. The molecule has 0 aromatic heterocycles. The van der Waals surface area contributed by atoms with E-state index in [1.165, 1.54) is 0 Å². The van der Waals surface area contributed by atoms with Crippen molar-refractivity contribution in [2.75, 3.05) is 13.2 Å². The normalized spacial score (nSPS) is 19.6. The fraction of sp³-hybridized carbons (Fsp3) is 0.500. The molecule has 1 saturated heterocycles. The summed E-state index contributed by atoms with van der Waals surface area (Å²) in [6.45, 7) is 9.10. The molecule has 3 nitrogen and oxygen atoms in total. The molecule has 1 N–H and O–H groups in total. The third kappa shape index (κ3) is 4.60. The number of allylic oxidation sites excluding steroid dienone is 5. The number of hydrogen-bond acceptors (Lipinski definition) is 3. The first kappa shape index (κ1) is 15.6. The van der Waals surface area contributed by atoms with Crippen molar-refractivity contribution in [3.8, 4) is 0 Å². The number of hydrogen-bond donors (Lipinski definition) is 1. The zero-order valence-electron chi connectivity index (χ0n) is 11.8. The smallest absolute Gasteiger partial charge is 0.130 e. The largest absolute Gasteiger partial charge is 0.381 e. The van der Waals surface area contributed by atoms with E-state index >= 15 is 0 Å². The maximum absolute atomic E-state index is 11.3. The van der Waals surface area contributed by atoms with Gasteiger partial charge in [0.1, 0.15) is 6.29 Å². The third-order valence-electron chi connectivity index (χ3n) is 3.48. The maximum atomic E-state index is 11.3. The number of nitrogens with one attached hydrogen (secondary N) is 1. The van der Waals surface area contributed by atoms with E-state index in [1.807, 2.05) is 6.08 Å². The van der Waals surface area contributed by atoms with Crippen LogP contribution < -0.4 is 0 Å². The van der Waals surface area contributed by atoms with Crippen molar-refractivity contribution in [1.29, 1.82) is 5.41 Å². The quantitative estimate of drug-likeness (QED) is 0.453. The van der Waals surface area contributed by atoms with Crippen LogP contribution in [0.3, 0.4) is 0 Å². The van der Waals surface area contributed by atoms with Crippen LogP contribution in [-0.4, -0.2) is 25.2 Å². The molecule has 0 radical (unpaired) electrons. The van der Waals surface area contributed by atoms with Gasteiger partial charge < -0.3 is 14.9 Å². The van der Waals surface area contributed by atoms with Gasteiger partial charge in [-0.3, -0.25) is 0 Å². The monoisotopic (exact) mass is 261 g/mol. The van der Waals surface area contributed by atoms with Crippen molar-refractivity contribution < 1.29 is 9.53 Å². The molecule has 1 rings (SSSR count). The molecule has 0 aromatic carbocycles. The number of ether oxygens (including phenoxy) is 1. The molecule has 0 aliphatic carbocycles. The molecule has 0 aromatic rings. The van der Waals surface area contributed by atoms with E-state index in [4.69, 9.17) is 10.1 Å². The van der Waals surface area contributed by atoms with Crippen LogP contribution in [-0.2, 0) is 9.53 Å². The molecule has 1 aliphatic rings. The molecule has 0 unspecified atom stereocenters. The maximum Gasteiger partial charge on any atom is 0.130 e. The highest BCUT2D eigenvalue weighted by Crippen LogP contribution is 2.29. The van der Waals surface area contributed by atoms with Gasteiger partial charge in [-0.2, -0.15) is 0 Å². The predicted molar refractivity (Wildman–Crippen MR) is 78.5 cm³/mol. The highest BCUT2D eigenvalue weighted by Gasteiger charge is 2.29. The lowest BCUT2D eigenvalue weighted by Gasteiger charge is -2.28. The third-order valence-corrected chi connectivity index (χ3v) is 3.48. The van der Waals surface area contributed by atoms with E-state index in [9.17, 15) is 4.79 Å². The second-order valence-corrected chi connectivity index (χ2v) is 5.26. The highest BCUT2D eigenvalue weighted by molar-refractivity contribution is 6.02. The zero-order valence-corrected chi connectivity index (χ0v) is 11.8. The van der Waals surface area contributed by atoms with Gasteiger partial charge in [0, 0.05) is 18.6 Å². The van der Waals surface area contributed by atoms with Gasteiger partial charge in [-0.1, -0.05) is 32.6 Å². The Kier molecular flexibility index (Phi) is 5.90. The summed E-state index contributed by atoms with van der Waals surface area (Å²) in [7, 11) is 0. The SMILES string of the molecule is C=C/C(=C/C(=N)/C=C/C1(C=O)CCOCC1)C(C)C. The number of carbonyl (C=O) groups is 1. The number of aldehydes is 1. The molecule has 1 fully saturated rings. The summed E-state index contributed by atoms with van der Waals surface area (Å²) in [5, 5.41) is 7.94. The lowest BCUT2D eigenvalue weighted by Crippen LogP contribution is -2.29. The molecular formula is C16H23NO2. The van der Waals surface area contributed by atoms with Crippen LogP contribution >= 0.6 is 0 Å². The number of rotatable bonds is 6. The lowest BCUT2D eigenvalue weighted by molar-refractivity contribution is -0.118. The van der Waals surface area contributed by atoms with Crippen molar-refractivity contribution in [3.63, 3.8) is 0 Å². The molecule has 3 heteroatoms. The van der Waals surface area contributed by atoms with Crippen LogP contribution in [0.15, 0.2) is 36.5 Å². The Labute approximate surface area is 115 Å². The lowest BCUT2D eigenvalue weighted by atomic mass is 9.81. The van der Waals surface area contributed by atoms with Crippen molar-refractivity contribution in [3.05, 3.63) is 36.5 Å². The summed E-state index contributed by atoms with van der Waals surface area (Å²) in [6.07, 6.45) is 9.52. The number of carbonyl (C=O) groups excluding carboxylic acids is 1. The summed E-state index contributed by atoms with van der Waals surface area (Å²) in [5.41, 5.74) is 0.975. The molecule has 0 bridgehead atoms. The zero-order chi connectivity index (χ0) is 14.3. The van der Waals surface area contributed by atoms with Crippen molar-refractivity contribution >= 4 is 12.0 Å². The Morgan fingerprint density at radius 2 is 2.00 bits per heavy atom. The minimum atomic E-state index is -0.454. The summed E-state index contributed by atoms with van der Waals surface area (Å²) >= 11 is 0. The second-order valence-electron chi connectivity index (χ2n) is 5.26. The van der Waals surface area contributed by atoms with Gasteiger partial charge in [0.2, 0.25) is 0 Å². The minimum absolute atomic E-state index is 0.342. The fourth-order valence-corrected chi connectivity index (χ4v) is 2.02. The molecule has 1 aliphatic heterocycles. The summed E-state index contributed by atoms with van der Waals surface area (Å²) in [5.74, 6) is 0.342. The van der Waals surface area contributed by atoms with Gasteiger partial charge in [-0.05, 0) is 36.5 Å². The summed E-state index contributed by atoms with van der Waals surface area (Å²) < 4.78 is 5.28. The fourth-order valence-electron chi connectivity index (χ4n) is 2.02. The van der Waals surface area contributed by atoms with Gasteiger partial charge in [-0.15, -0.1) is 0 Å². The van der Waals surface area contributed by atoms with Crippen LogP contribution in [0.5, 0.6) is 0 Å². The standard InChI is InChI=1S/C16H23NO2/c1-4-14(13(2)3)11-15(17)5-6-16(12-18)7-9-19-10-8-16/h4-6,11-13,17H,1,7-10H2,2-3H3/b6-5+,14-11-,17-15?. The summed E-state index contributed by atoms with van der Waals surface area (Å²) in [6, 6.07) is 0. The first-order valence-electron chi connectivity index (χ1n) is 6.69. The molecule has 0 atom stereocenters. The van der Waals surface area contributed by atoms with Gasteiger partial charge >= 0.3 is 0 Å². The van der Waals surface area contributed by atoms with Gasteiger partial charge in [-0.25, -0.2) is 0 Å². The Balaban J connectivity index is 2.76. The van der Waals surface area contributed by atoms with E-state index in [-0.39, 0.29) is 0 Å². The Hall–Kier alpha value is -1.48. The molecule has 1 heterocycles. The van der Waals surface area contributed by atoms with Crippen molar-refractivity contribution in [2.45, 2.75) is 26.7 Å². The first-order chi connectivity index (χ1) is 9.03. The average Bonchev–Trinajstić information content (AvgIpc) is 2.43. The Morgan fingerprint density at radius 3 is 2.47 bits per heavy atom. The average molecular weight is 261 g/mol. The predicted octanol–water partition coefficient (Wildman–Crippen LogP) is 3.33. The molecule has 19 heavy (non-hydrogen) atoms. The Morgan fingerprint density at radius 1 is 1.37 bits per heavy atom. The van der Waals surface area contributed by atoms with E-state index < -0.39 is 5.41 Å². The van der Waals surface area contributed by atoms with Gasteiger partial charge in [0.25, 0.3) is 0 Å². The first-order valence-corrected chi connectivity index (χ1v) is 6.69. The molecule has 0 amide bonds. The van der Waals surface area contributed by atoms with E-state index in [0.29, 0.717) is 37.7 Å². The van der Waals surface area contributed by atoms with E-state index in [2.05, 4.69) is 20.4 Å². The van der Waals surface area contributed by atoms with E-state index in [1.54, 1.807) is 18.2 Å². The van der Waals surface area contributed by atoms with Crippen LogP contribution in [0.4, 0.5) is 0 Å². The Bertz CT molecular complexity index is 399. The van der Waals surface area contributed by atoms with Crippen LogP contribution in [0.25, 0.3) is 0 Å². The van der Waals surface area contributed by atoms with Crippen molar-refractivity contribution in [2.24, 2.45) is 11.3 Å². The van der Waals surface area contributed by atoms with Gasteiger partial charge in [0.15, 0.2) is 0 Å². The van der Waals surface area contributed by atoms with Gasteiger partial charge in [0.05, 0.1) is 5.71 Å². The molecule has 0 spiro atoms. The van der Waals surface area contributed by atoms with Crippen molar-refractivity contribution in [1.82, 2.24) is 0 Å². The van der Waals surface area contributed by atoms with Crippen LogP contribution in [0.1, 0.15) is 26.7 Å². The second kappa shape index (κ2) is 7.19. The van der Waals surface area contributed by atoms with E-state index in [0.717, 1.165) is 11.9 Å². The molecule has 0 saturated carbocycles. The van der Waals surface area contributed by atoms with Crippen LogP contribution in [0.2, 0.25) is 0 Å². The highest BCUT2D eigenvalue weighted by atomic mass is 16.5. The summed E-state index contributed by atoms with van der Waals surface area (Å²) in [4.78, 5) is 11.3. The topological polar surface area (TPSA) is 50.2 Å².